The van der Waals surface area contributed by atoms with Gasteiger partial charge in [-0.3, -0.25) is 0 Å². The molecule has 1 N–H and O–H groups in total. The van der Waals surface area contributed by atoms with Gasteiger partial charge in [-0.2, -0.15) is 13.2 Å². The van der Waals surface area contributed by atoms with Gasteiger partial charge in [0.15, 0.2) is 0 Å². The van der Waals surface area contributed by atoms with Crippen LogP contribution in [0.4, 0.5) is 23.8 Å². The number of benzene rings is 1. The van der Waals surface area contributed by atoms with Crippen LogP contribution in [-0.2, 0) is 16.2 Å². The predicted octanol–water partition coefficient (Wildman–Crippen LogP) is 2.98. The Morgan fingerprint density at radius 2 is 1.77 bits per heavy atom. The molecule has 1 aromatic carbocycles. The number of ether oxygens (including phenoxy) is 1. The van der Waals surface area contributed by atoms with E-state index in [0.717, 1.165) is 6.07 Å². The molecule has 0 unspecified atom stereocenters. The molecule has 0 radical (unpaired) electrons. The number of piperazine rings is 1. The molecule has 1 fully saturated rings. The largest absolute Gasteiger partial charge is 0.497 e. The number of anilines is 1. The lowest BCUT2D eigenvalue weighted by Crippen LogP contribution is -2.53. The number of alkyl halides is 3. The molecular weight excluding hydrogens is 461 g/mol. The molecular formula is C18H18ClF3N4O4S. The first-order chi connectivity index (χ1) is 14.5. The fourth-order valence-corrected chi connectivity index (χ4v) is 4.19. The summed E-state index contributed by atoms with van der Waals surface area (Å²) in [4.78, 5) is 19.0. The molecule has 2 heterocycles. The van der Waals surface area contributed by atoms with Gasteiger partial charge in [-0.05, 0) is 30.3 Å². The quantitative estimate of drug-likeness (QED) is 0.726. The Morgan fingerprint density at radius 1 is 1.16 bits per heavy atom. The van der Waals surface area contributed by atoms with E-state index in [9.17, 15) is 26.4 Å². The molecule has 3 rings (SSSR count). The number of urea groups is 1. The standard InChI is InChI=1S/C18H18ClF3N4O4S/c1-30-13-2-4-14(5-3-13)31(28,29)24-17(27)26-8-6-25(7-9-26)16-15(19)10-12(11-23-16)18(20,21)22/h2-5,10-11H,6-9H2,1H3,(H,24,27). The van der Waals surface area contributed by atoms with Crippen LogP contribution in [0, 0.1) is 0 Å². The number of nitrogens with one attached hydrogen (secondary N) is 1. The second kappa shape index (κ2) is 8.79. The first-order valence-corrected chi connectivity index (χ1v) is 10.8. The number of carbonyl (C=O) groups is 1. The average Bonchev–Trinajstić information content (AvgIpc) is 2.73. The van der Waals surface area contributed by atoms with E-state index in [1.54, 1.807) is 4.90 Å². The van der Waals surface area contributed by atoms with Crippen molar-refractivity contribution in [1.82, 2.24) is 14.6 Å². The predicted molar refractivity (Wildman–Crippen MR) is 107 cm³/mol. The lowest BCUT2D eigenvalue weighted by molar-refractivity contribution is -0.137. The highest BCUT2D eigenvalue weighted by atomic mass is 35.5. The van der Waals surface area contributed by atoms with E-state index in [0.29, 0.717) is 11.9 Å². The van der Waals surface area contributed by atoms with Crippen LogP contribution in [-0.4, -0.2) is 57.6 Å². The van der Waals surface area contributed by atoms with Crippen molar-refractivity contribution < 1.29 is 31.1 Å². The number of halogens is 4. The second-order valence-electron chi connectivity index (χ2n) is 6.59. The topological polar surface area (TPSA) is 91.8 Å². The summed E-state index contributed by atoms with van der Waals surface area (Å²) in [6, 6.07) is 5.53. The summed E-state index contributed by atoms with van der Waals surface area (Å²) < 4.78 is 70.0. The number of sulfonamides is 1. The minimum Gasteiger partial charge on any atom is -0.497 e. The summed E-state index contributed by atoms with van der Waals surface area (Å²) in [6.07, 6.45) is -3.86. The lowest BCUT2D eigenvalue weighted by Gasteiger charge is -2.35. The van der Waals surface area contributed by atoms with E-state index in [-0.39, 0.29) is 41.9 Å². The number of aromatic nitrogens is 1. The fraction of sp³-hybridized carbons (Fsp3) is 0.333. The molecule has 0 aliphatic carbocycles. The number of carbonyl (C=O) groups excluding carboxylic acids is 1. The molecule has 0 bridgehead atoms. The number of pyridine rings is 1. The van der Waals surface area contributed by atoms with Crippen LogP contribution in [0.3, 0.4) is 0 Å². The van der Waals surface area contributed by atoms with Gasteiger partial charge < -0.3 is 14.5 Å². The number of rotatable bonds is 4. The van der Waals surface area contributed by atoms with Crippen molar-refractivity contribution in [3.63, 3.8) is 0 Å². The first kappa shape index (κ1) is 22.9. The van der Waals surface area contributed by atoms with Crippen LogP contribution in [0.2, 0.25) is 5.02 Å². The number of nitrogens with zero attached hydrogens (tertiary/aromatic N) is 3. The Hall–Kier alpha value is -2.73. The Labute approximate surface area is 181 Å². The smallest absolute Gasteiger partial charge is 0.417 e. The number of hydrogen-bond donors (Lipinski definition) is 1. The molecule has 1 saturated heterocycles. The highest BCUT2D eigenvalue weighted by molar-refractivity contribution is 7.90. The molecule has 0 atom stereocenters. The first-order valence-electron chi connectivity index (χ1n) is 8.95. The third-order valence-corrected chi connectivity index (χ3v) is 6.22. The van der Waals surface area contributed by atoms with Crippen molar-refractivity contribution in [3.8, 4) is 5.75 Å². The van der Waals surface area contributed by atoms with Gasteiger partial charge in [0.05, 0.1) is 22.6 Å². The second-order valence-corrected chi connectivity index (χ2v) is 8.68. The zero-order valence-electron chi connectivity index (χ0n) is 16.2. The summed E-state index contributed by atoms with van der Waals surface area (Å²) in [5, 5.41) is -0.158. The van der Waals surface area contributed by atoms with E-state index >= 15 is 0 Å². The average molecular weight is 479 g/mol. The van der Waals surface area contributed by atoms with Crippen LogP contribution in [0.5, 0.6) is 5.75 Å². The van der Waals surface area contributed by atoms with Crippen molar-refractivity contribution >= 4 is 33.5 Å². The number of amides is 2. The zero-order valence-corrected chi connectivity index (χ0v) is 17.8. The van der Waals surface area contributed by atoms with Gasteiger partial charge in [-0.1, -0.05) is 11.6 Å². The minimum atomic E-state index is -4.55. The molecule has 0 spiro atoms. The van der Waals surface area contributed by atoms with Gasteiger partial charge >= 0.3 is 12.2 Å². The third-order valence-electron chi connectivity index (χ3n) is 4.61. The normalized spacial score (nSPS) is 15.0. The van der Waals surface area contributed by atoms with E-state index in [4.69, 9.17) is 16.3 Å². The van der Waals surface area contributed by atoms with Crippen LogP contribution in [0.1, 0.15) is 5.56 Å². The summed E-state index contributed by atoms with van der Waals surface area (Å²) in [5.41, 5.74) is -0.956. The van der Waals surface area contributed by atoms with Crippen molar-refractivity contribution in [2.75, 3.05) is 38.2 Å². The Morgan fingerprint density at radius 3 is 2.29 bits per heavy atom. The molecule has 31 heavy (non-hydrogen) atoms. The fourth-order valence-electron chi connectivity index (χ4n) is 2.93. The molecule has 8 nitrogen and oxygen atoms in total. The van der Waals surface area contributed by atoms with Crippen LogP contribution in [0.25, 0.3) is 0 Å². The maximum atomic E-state index is 12.8. The molecule has 1 aromatic heterocycles. The summed E-state index contributed by atoms with van der Waals surface area (Å²) in [6.45, 7) is 0.689. The molecule has 2 amide bonds. The maximum Gasteiger partial charge on any atom is 0.417 e. The maximum absolute atomic E-state index is 12.8. The van der Waals surface area contributed by atoms with Gasteiger partial charge in [0.2, 0.25) is 0 Å². The van der Waals surface area contributed by atoms with E-state index < -0.39 is 27.8 Å². The molecule has 2 aromatic rings. The van der Waals surface area contributed by atoms with Gasteiger partial charge in [-0.25, -0.2) is 22.9 Å². The zero-order chi connectivity index (χ0) is 22.8. The van der Waals surface area contributed by atoms with E-state index in [2.05, 4.69) is 4.98 Å². The Kier molecular flexibility index (Phi) is 6.51. The lowest BCUT2D eigenvalue weighted by atomic mass is 10.2. The Bertz CT molecular complexity index is 1060. The van der Waals surface area contributed by atoms with Gasteiger partial charge in [0, 0.05) is 32.4 Å². The van der Waals surface area contributed by atoms with Crippen molar-refractivity contribution in [2.45, 2.75) is 11.1 Å². The Balaban J connectivity index is 1.62. The molecule has 13 heteroatoms. The van der Waals surface area contributed by atoms with Crippen LogP contribution in [0.15, 0.2) is 41.4 Å². The number of methoxy groups -OCH3 is 1. The molecule has 1 aliphatic heterocycles. The SMILES string of the molecule is COc1ccc(S(=O)(=O)NC(=O)N2CCN(c3ncc(C(F)(F)F)cc3Cl)CC2)cc1. The monoisotopic (exact) mass is 478 g/mol. The van der Waals surface area contributed by atoms with Gasteiger partial charge in [-0.15, -0.1) is 0 Å². The molecule has 168 valence electrons. The van der Waals surface area contributed by atoms with Crippen molar-refractivity contribution in [3.05, 3.63) is 47.1 Å². The van der Waals surface area contributed by atoms with Crippen LogP contribution < -0.4 is 14.4 Å². The minimum absolute atomic E-state index is 0.0963. The number of hydrogen-bond acceptors (Lipinski definition) is 6. The van der Waals surface area contributed by atoms with E-state index in [1.165, 1.54) is 36.3 Å². The van der Waals surface area contributed by atoms with E-state index in [1.807, 2.05) is 4.72 Å². The molecule has 0 saturated carbocycles. The van der Waals surface area contributed by atoms with Crippen molar-refractivity contribution in [2.24, 2.45) is 0 Å². The van der Waals surface area contributed by atoms with Gasteiger partial charge in [0.1, 0.15) is 11.6 Å². The highest BCUT2D eigenvalue weighted by Gasteiger charge is 2.33. The summed E-state index contributed by atoms with van der Waals surface area (Å²) in [5.74, 6) is 0.637. The summed E-state index contributed by atoms with van der Waals surface area (Å²) >= 11 is 5.96. The molecule has 1 aliphatic rings. The highest BCUT2D eigenvalue weighted by Crippen LogP contribution is 2.33. The third kappa shape index (κ3) is 5.31. The van der Waals surface area contributed by atoms with Gasteiger partial charge in [0.25, 0.3) is 10.0 Å². The van der Waals surface area contributed by atoms with Crippen molar-refractivity contribution in [1.29, 1.82) is 0 Å². The van der Waals surface area contributed by atoms with Crippen LogP contribution >= 0.6 is 11.6 Å². The summed E-state index contributed by atoms with van der Waals surface area (Å²) in [7, 11) is -2.63.